The molecular formula is C21H24FN5O3S. The third kappa shape index (κ3) is 4.45. The number of hydrogen-bond donors (Lipinski definition) is 2. The second-order valence-electron chi connectivity index (χ2n) is 7.82. The Morgan fingerprint density at radius 3 is 2.71 bits per heavy atom. The van der Waals surface area contributed by atoms with E-state index in [4.69, 9.17) is 0 Å². The molecule has 2 N–H and O–H groups in total. The summed E-state index contributed by atoms with van der Waals surface area (Å²) in [5.74, 6) is -0.332. The molecule has 1 saturated carbocycles. The van der Waals surface area contributed by atoms with Gasteiger partial charge < -0.3 is 5.32 Å². The fraction of sp³-hybridized carbons (Fsp3) is 0.381. The maximum atomic E-state index is 14.6. The molecule has 1 fully saturated rings. The SMILES string of the molecule is CCS(=O)(=O)NC(C)c1nnc2cc(-c3cc(C(=O)NC4CC4)cc(F)c3C)ccn12. The molecule has 0 spiro atoms. The van der Waals surface area contributed by atoms with Gasteiger partial charge in [0.15, 0.2) is 11.5 Å². The van der Waals surface area contributed by atoms with Crippen LogP contribution in [0, 0.1) is 12.7 Å². The number of rotatable bonds is 7. The number of benzene rings is 1. The van der Waals surface area contributed by atoms with E-state index in [1.54, 1.807) is 49.6 Å². The molecule has 1 unspecified atom stereocenters. The summed E-state index contributed by atoms with van der Waals surface area (Å²) < 4.78 is 42.6. The highest BCUT2D eigenvalue weighted by molar-refractivity contribution is 7.89. The first kappa shape index (κ1) is 21.4. The van der Waals surface area contributed by atoms with Gasteiger partial charge in [-0.25, -0.2) is 17.5 Å². The lowest BCUT2D eigenvalue weighted by molar-refractivity contribution is 0.0950. The highest BCUT2D eigenvalue weighted by Crippen LogP contribution is 2.29. The van der Waals surface area contributed by atoms with Crippen molar-refractivity contribution in [2.24, 2.45) is 0 Å². The fourth-order valence-electron chi connectivity index (χ4n) is 3.38. The number of aromatic nitrogens is 3. The first-order valence-electron chi connectivity index (χ1n) is 10.1. The molecule has 1 atom stereocenters. The number of sulfonamides is 1. The zero-order valence-electron chi connectivity index (χ0n) is 17.5. The monoisotopic (exact) mass is 445 g/mol. The summed E-state index contributed by atoms with van der Waals surface area (Å²) >= 11 is 0. The minimum absolute atomic E-state index is 0.0340. The van der Waals surface area contributed by atoms with Crippen molar-refractivity contribution in [3.8, 4) is 11.1 Å². The van der Waals surface area contributed by atoms with E-state index in [9.17, 15) is 17.6 Å². The zero-order chi connectivity index (χ0) is 22.3. The normalized spacial score (nSPS) is 15.2. The Labute approximate surface area is 179 Å². The van der Waals surface area contributed by atoms with Gasteiger partial charge in [-0.05, 0) is 74.6 Å². The maximum Gasteiger partial charge on any atom is 0.251 e. The lowest BCUT2D eigenvalue weighted by atomic mass is 9.98. The average Bonchev–Trinajstić information content (AvgIpc) is 3.44. The van der Waals surface area contributed by atoms with Crippen LogP contribution in [0.5, 0.6) is 0 Å². The second-order valence-corrected chi connectivity index (χ2v) is 9.87. The van der Waals surface area contributed by atoms with E-state index in [0.717, 1.165) is 12.8 Å². The summed E-state index contributed by atoms with van der Waals surface area (Å²) in [6, 6.07) is 6.05. The number of nitrogens with one attached hydrogen (secondary N) is 2. The van der Waals surface area contributed by atoms with Gasteiger partial charge in [-0.15, -0.1) is 10.2 Å². The van der Waals surface area contributed by atoms with Gasteiger partial charge in [0, 0.05) is 17.8 Å². The smallest absolute Gasteiger partial charge is 0.251 e. The largest absolute Gasteiger partial charge is 0.349 e. The van der Waals surface area contributed by atoms with Gasteiger partial charge in [-0.1, -0.05) is 0 Å². The van der Waals surface area contributed by atoms with E-state index in [1.165, 1.54) is 6.07 Å². The summed E-state index contributed by atoms with van der Waals surface area (Å²) in [5.41, 5.74) is 2.46. The van der Waals surface area contributed by atoms with Crippen LogP contribution in [0.2, 0.25) is 0 Å². The van der Waals surface area contributed by atoms with Crippen molar-refractivity contribution in [1.29, 1.82) is 0 Å². The predicted octanol–water partition coefficient (Wildman–Crippen LogP) is 2.74. The van der Waals surface area contributed by atoms with Crippen LogP contribution < -0.4 is 10.0 Å². The molecule has 4 rings (SSSR count). The molecule has 1 aliphatic rings. The minimum Gasteiger partial charge on any atom is -0.349 e. The van der Waals surface area contributed by atoms with Crippen LogP contribution >= 0.6 is 0 Å². The summed E-state index contributed by atoms with van der Waals surface area (Å²) in [5, 5.41) is 11.1. The molecule has 10 heteroatoms. The third-order valence-corrected chi connectivity index (χ3v) is 6.86. The van der Waals surface area contributed by atoms with Gasteiger partial charge in [-0.3, -0.25) is 9.20 Å². The average molecular weight is 446 g/mol. The van der Waals surface area contributed by atoms with Gasteiger partial charge in [-0.2, -0.15) is 0 Å². The number of pyridine rings is 1. The van der Waals surface area contributed by atoms with E-state index in [-0.39, 0.29) is 23.3 Å². The zero-order valence-corrected chi connectivity index (χ0v) is 18.3. The molecule has 0 saturated heterocycles. The van der Waals surface area contributed by atoms with Crippen LogP contribution in [0.4, 0.5) is 4.39 Å². The van der Waals surface area contributed by atoms with Crippen molar-refractivity contribution in [3.05, 3.63) is 53.2 Å². The van der Waals surface area contributed by atoms with E-state index >= 15 is 0 Å². The Hall–Kier alpha value is -2.85. The summed E-state index contributed by atoms with van der Waals surface area (Å²) in [7, 11) is -3.40. The van der Waals surface area contributed by atoms with Crippen molar-refractivity contribution in [3.63, 3.8) is 0 Å². The van der Waals surface area contributed by atoms with Gasteiger partial charge in [0.1, 0.15) is 5.82 Å². The van der Waals surface area contributed by atoms with Crippen molar-refractivity contribution in [2.45, 2.75) is 45.7 Å². The Kier molecular flexibility index (Phi) is 5.52. The number of hydrogen-bond acceptors (Lipinski definition) is 5. The van der Waals surface area contributed by atoms with E-state index in [2.05, 4.69) is 20.2 Å². The van der Waals surface area contributed by atoms with E-state index in [0.29, 0.717) is 28.2 Å². The molecule has 164 valence electrons. The first-order valence-corrected chi connectivity index (χ1v) is 11.8. The summed E-state index contributed by atoms with van der Waals surface area (Å²) in [6.45, 7) is 4.91. The Balaban J connectivity index is 1.69. The second kappa shape index (κ2) is 8.01. The standard InChI is InChI=1S/C21H24FN5O3S/c1-4-31(29,30)26-13(3)20-25-24-19-11-14(7-8-27(19)20)17-9-15(10-18(22)12(17)2)21(28)23-16-5-6-16/h7-11,13,16,26H,4-6H2,1-3H3,(H,23,28). The molecule has 0 bridgehead atoms. The molecule has 3 aromatic rings. The molecule has 1 aromatic carbocycles. The fourth-order valence-corrected chi connectivity index (χ4v) is 4.19. The van der Waals surface area contributed by atoms with Gasteiger partial charge in [0.25, 0.3) is 5.91 Å². The number of nitrogens with zero attached hydrogens (tertiary/aromatic N) is 3. The van der Waals surface area contributed by atoms with Crippen molar-refractivity contribution in [1.82, 2.24) is 24.6 Å². The molecule has 1 amide bonds. The third-order valence-electron chi connectivity index (χ3n) is 5.39. The molecular weight excluding hydrogens is 421 g/mol. The van der Waals surface area contributed by atoms with E-state index < -0.39 is 21.9 Å². The number of carbonyl (C=O) groups is 1. The molecule has 1 aliphatic carbocycles. The summed E-state index contributed by atoms with van der Waals surface area (Å²) in [6.07, 6.45) is 3.61. The van der Waals surface area contributed by atoms with Gasteiger partial charge in [0.2, 0.25) is 10.0 Å². The molecule has 8 nitrogen and oxygen atoms in total. The molecule has 2 heterocycles. The lowest BCUT2D eigenvalue weighted by Gasteiger charge is -2.13. The maximum absolute atomic E-state index is 14.6. The van der Waals surface area contributed by atoms with Crippen molar-refractivity contribution < 1.29 is 17.6 Å². The first-order chi connectivity index (χ1) is 14.7. The van der Waals surface area contributed by atoms with Crippen LogP contribution in [-0.4, -0.2) is 40.7 Å². The predicted molar refractivity (Wildman–Crippen MR) is 115 cm³/mol. The van der Waals surface area contributed by atoms with Gasteiger partial charge >= 0.3 is 0 Å². The lowest BCUT2D eigenvalue weighted by Crippen LogP contribution is -2.29. The number of amides is 1. The highest BCUT2D eigenvalue weighted by Gasteiger charge is 2.25. The van der Waals surface area contributed by atoms with Crippen LogP contribution in [-0.2, 0) is 10.0 Å². The number of halogens is 1. The van der Waals surface area contributed by atoms with E-state index in [1.807, 2.05) is 0 Å². The van der Waals surface area contributed by atoms with Gasteiger partial charge in [0.05, 0.1) is 11.8 Å². The van der Waals surface area contributed by atoms with Crippen molar-refractivity contribution >= 4 is 21.6 Å². The number of carbonyl (C=O) groups excluding carboxylic acids is 1. The van der Waals surface area contributed by atoms with Crippen LogP contribution in [0.15, 0.2) is 30.5 Å². The quantitative estimate of drug-likeness (QED) is 0.582. The van der Waals surface area contributed by atoms with Crippen LogP contribution in [0.3, 0.4) is 0 Å². The highest BCUT2D eigenvalue weighted by atomic mass is 32.2. The van der Waals surface area contributed by atoms with Crippen LogP contribution in [0.25, 0.3) is 16.8 Å². The topological polar surface area (TPSA) is 105 Å². The molecule has 2 aromatic heterocycles. The van der Waals surface area contributed by atoms with Crippen LogP contribution in [0.1, 0.15) is 54.5 Å². The Morgan fingerprint density at radius 1 is 1.29 bits per heavy atom. The molecule has 0 aliphatic heterocycles. The molecule has 0 radical (unpaired) electrons. The Bertz CT molecular complexity index is 1270. The van der Waals surface area contributed by atoms with Crippen molar-refractivity contribution in [2.75, 3.05) is 5.75 Å². The summed E-state index contributed by atoms with van der Waals surface area (Å²) in [4.78, 5) is 12.4. The number of fused-ring (bicyclic) bond motifs is 1. The molecule has 31 heavy (non-hydrogen) atoms. The minimum atomic E-state index is -3.40. The Morgan fingerprint density at radius 2 is 2.03 bits per heavy atom.